The summed E-state index contributed by atoms with van der Waals surface area (Å²) in [4.78, 5) is 3.91. The molecule has 0 fully saturated rings. The van der Waals surface area contributed by atoms with Crippen LogP contribution in [0.15, 0.2) is 35.1 Å². The molecule has 1 aromatic heterocycles. The summed E-state index contributed by atoms with van der Waals surface area (Å²) in [5, 5.41) is 2.83. The van der Waals surface area contributed by atoms with Crippen LogP contribution in [0.1, 0.15) is 11.3 Å². The predicted octanol–water partition coefficient (Wildman–Crippen LogP) is 3.08. The van der Waals surface area contributed by atoms with Crippen molar-refractivity contribution in [3.63, 3.8) is 0 Å². The van der Waals surface area contributed by atoms with Crippen molar-refractivity contribution >= 4 is 0 Å². The SMILES string of the molecule is CNCc1ncoc1-c1ccccc1C(F)(F)F. The van der Waals surface area contributed by atoms with Crippen molar-refractivity contribution in [3.8, 4) is 11.3 Å². The Hall–Kier alpha value is -1.82. The Labute approximate surface area is 102 Å². The van der Waals surface area contributed by atoms with Crippen LogP contribution >= 0.6 is 0 Å². The highest BCUT2D eigenvalue weighted by Crippen LogP contribution is 2.37. The van der Waals surface area contributed by atoms with Crippen LogP contribution in [0.5, 0.6) is 0 Å². The lowest BCUT2D eigenvalue weighted by Gasteiger charge is -2.11. The molecular weight excluding hydrogens is 245 g/mol. The molecule has 0 saturated heterocycles. The molecule has 1 aromatic carbocycles. The molecule has 1 N–H and O–H groups in total. The molecule has 0 spiro atoms. The summed E-state index contributed by atoms with van der Waals surface area (Å²) in [7, 11) is 1.69. The average molecular weight is 256 g/mol. The van der Waals surface area contributed by atoms with Gasteiger partial charge in [0.05, 0.1) is 5.56 Å². The second-order valence-corrected chi connectivity index (χ2v) is 3.70. The minimum atomic E-state index is -4.42. The van der Waals surface area contributed by atoms with E-state index in [0.29, 0.717) is 12.2 Å². The van der Waals surface area contributed by atoms with Gasteiger partial charge >= 0.3 is 6.18 Å². The second kappa shape index (κ2) is 4.81. The van der Waals surface area contributed by atoms with Gasteiger partial charge in [-0.1, -0.05) is 18.2 Å². The Kier molecular flexibility index (Phi) is 3.38. The summed E-state index contributed by atoms with van der Waals surface area (Å²) in [6.45, 7) is 0.345. The highest BCUT2D eigenvalue weighted by molar-refractivity contribution is 5.64. The van der Waals surface area contributed by atoms with Crippen molar-refractivity contribution in [2.45, 2.75) is 12.7 Å². The largest absolute Gasteiger partial charge is 0.443 e. The molecule has 0 radical (unpaired) electrons. The first-order chi connectivity index (χ1) is 8.54. The standard InChI is InChI=1S/C12H11F3N2O/c1-16-6-10-11(18-7-17-10)8-4-2-3-5-9(8)12(13,14)15/h2-5,7,16H,6H2,1H3. The van der Waals surface area contributed by atoms with Crippen molar-refractivity contribution in [3.05, 3.63) is 41.9 Å². The number of benzene rings is 1. The van der Waals surface area contributed by atoms with Gasteiger partial charge in [0, 0.05) is 12.1 Å². The van der Waals surface area contributed by atoms with Crippen LogP contribution in [-0.4, -0.2) is 12.0 Å². The summed E-state index contributed by atoms with van der Waals surface area (Å²) in [6, 6.07) is 5.29. The molecule has 0 atom stereocenters. The van der Waals surface area contributed by atoms with Gasteiger partial charge in [-0.15, -0.1) is 0 Å². The monoisotopic (exact) mass is 256 g/mol. The van der Waals surface area contributed by atoms with Gasteiger partial charge in [-0.05, 0) is 13.1 Å². The third-order valence-corrected chi connectivity index (χ3v) is 2.46. The summed E-state index contributed by atoms with van der Waals surface area (Å²) >= 11 is 0. The van der Waals surface area contributed by atoms with Gasteiger partial charge in [0.1, 0.15) is 5.69 Å². The van der Waals surface area contributed by atoms with Gasteiger partial charge in [-0.25, -0.2) is 4.98 Å². The quantitative estimate of drug-likeness (QED) is 0.917. The van der Waals surface area contributed by atoms with Gasteiger partial charge in [-0.2, -0.15) is 13.2 Å². The fourth-order valence-corrected chi connectivity index (χ4v) is 1.71. The number of hydrogen-bond acceptors (Lipinski definition) is 3. The number of oxazole rings is 1. The van der Waals surface area contributed by atoms with Gasteiger partial charge < -0.3 is 9.73 Å². The molecule has 0 amide bonds. The summed E-state index contributed by atoms with van der Waals surface area (Å²) in [5.74, 6) is 0.150. The van der Waals surface area contributed by atoms with Crippen LogP contribution in [0.3, 0.4) is 0 Å². The lowest BCUT2D eigenvalue weighted by molar-refractivity contribution is -0.137. The maximum absolute atomic E-state index is 12.9. The van der Waals surface area contributed by atoms with E-state index < -0.39 is 11.7 Å². The van der Waals surface area contributed by atoms with Crippen LogP contribution < -0.4 is 5.32 Å². The number of rotatable bonds is 3. The Morgan fingerprint density at radius 2 is 2.00 bits per heavy atom. The smallest absolute Gasteiger partial charge is 0.417 e. The van der Waals surface area contributed by atoms with E-state index in [1.807, 2.05) is 0 Å². The van der Waals surface area contributed by atoms with Crippen molar-refractivity contribution < 1.29 is 17.6 Å². The molecule has 0 bridgehead atoms. The molecule has 0 aliphatic carbocycles. The van der Waals surface area contributed by atoms with Crippen LogP contribution in [0.25, 0.3) is 11.3 Å². The summed E-state index contributed by atoms with van der Waals surface area (Å²) in [5.41, 5.74) is -0.263. The van der Waals surface area contributed by atoms with E-state index in [1.165, 1.54) is 18.2 Å². The normalized spacial score (nSPS) is 11.8. The van der Waals surface area contributed by atoms with E-state index in [0.717, 1.165) is 12.5 Å². The molecular formula is C12H11F3N2O. The van der Waals surface area contributed by atoms with Gasteiger partial charge in [-0.3, -0.25) is 0 Å². The molecule has 0 unspecified atom stereocenters. The molecule has 2 rings (SSSR count). The Balaban J connectivity index is 2.54. The van der Waals surface area contributed by atoms with Gasteiger partial charge in [0.25, 0.3) is 0 Å². The third kappa shape index (κ3) is 2.38. The van der Waals surface area contributed by atoms with Crippen LogP contribution in [-0.2, 0) is 12.7 Å². The number of hydrogen-bond donors (Lipinski definition) is 1. The fraction of sp³-hybridized carbons (Fsp3) is 0.250. The average Bonchev–Trinajstić information content (AvgIpc) is 2.77. The molecule has 2 aromatic rings. The molecule has 1 heterocycles. The highest BCUT2D eigenvalue weighted by Gasteiger charge is 2.34. The third-order valence-electron chi connectivity index (χ3n) is 2.46. The van der Waals surface area contributed by atoms with Crippen LogP contribution in [0.2, 0.25) is 0 Å². The molecule has 96 valence electrons. The predicted molar refractivity (Wildman–Crippen MR) is 59.7 cm³/mol. The first-order valence-electron chi connectivity index (χ1n) is 5.27. The van der Waals surface area contributed by atoms with E-state index in [-0.39, 0.29) is 11.3 Å². The zero-order valence-electron chi connectivity index (χ0n) is 9.58. The van der Waals surface area contributed by atoms with E-state index in [1.54, 1.807) is 7.05 Å². The van der Waals surface area contributed by atoms with Crippen molar-refractivity contribution in [2.24, 2.45) is 0 Å². The maximum atomic E-state index is 12.9. The Morgan fingerprint density at radius 3 is 2.67 bits per heavy atom. The van der Waals surface area contributed by atoms with Crippen LogP contribution in [0, 0.1) is 0 Å². The lowest BCUT2D eigenvalue weighted by atomic mass is 10.0. The number of aromatic nitrogens is 1. The fourth-order valence-electron chi connectivity index (χ4n) is 1.71. The summed E-state index contributed by atoms with van der Waals surface area (Å²) < 4.78 is 43.7. The number of halogens is 3. The zero-order chi connectivity index (χ0) is 13.2. The topological polar surface area (TPSA) is 38.1 Å². The highest BCUT2D eigenvalue weighted by atomic mass is 19.4. The number of alkyl halides is 3. The van der Waals surface area contributed by atoms with Crippen molar-refractivity contribution in [2.75, 3.05) is 7.05 Å². The second-order valence-electron chi connectivity index (χ2n) is 3.70. The van der Waals surface area contributed by atoms with E-state index in [9.17, 15) is 13.2 Å². The van der Waals surface area contributed by atoms with Crippen molar-refractivity contribution in [1.82, 2.24) is 10.3 Å². The van der Waals surface area contributed by atoms with E-state index in [2.05, 4.69) is 10.3 Å². The number of nitrogens with one attached hydrogen (secondary N) is 1. The molecule has 3 nitrogen and oxygen atoms in total. The molecule has 0 aliphatic heterocycles. The first-order valence-corrected chi connectivity index (χ1v) is 5.27. The van der Waals surface area contributed by atoms with E-state index in [4.69, 9.17) is 4.42 Å². The minimum absolute atomic E-state index is 0.00718. The minimum Gasteiger partial charge on any atom is -0.443 e. The molecule has 6 heteroatoms. The Morgan fingerprint density at radius 1 is 1.28 bits per heavy atom. The Bertz CT molecular complexity index is 534. The first kappa shape index (κ1) is 12.6. The van der Waals surface area contributed by atoms with Crippen LogP contribution in [0.4, 0.5) is 13.2 Å². The molecule has 0 aliphatic rings. The number of nitrogens with zero attached hydrogens (tertiary/aromatic N) is 1. The molecule has 18 heavy (non-hydrogen) atoms. The lowest BCUT2D eigenvalue weighted by Crippen LogP contribution is -2.09. The van der Waals surface area contributed by atoms with Crippen molar-refractivity contribution in [1.29, 1.82) is 0 Å². The molecule has 0 saturated carbocycles. The summed E-state index contributed by atoms with van der Waals surface area (Å²) in [6.07, 6.45) is -3.27. The van der Waals surface area contributed by atoms with E-state index >= 15 is 0 Å². The van der Waals surface area contributed by atoms with Gasteiger partial charge in [0.15, 0.2) is 12.2 Å². The maximum Gasteiger partial charge on any atom is 0.417 e. The zero-order valence-corrected chi connectivity index (χ0v) is 9.58. The van der Waals surface area contributed by atoms with Gasteiger partial charge in [0.2, 0.25) is 0 Å².